The molecule has 13 rings (SSSR count). The Kier molecular flexibility index (Phi) is 13.8. The summed E-state index contributed by atoms with van der Waals surface area (Å²) in [6.45, 7) is 0. The quantitative estimate of drug-likeness (QED) is 0.0825. The fraction of sp³-hybridized carbons (Fsp3) is 0.0667. The average Bonchev–Trinajstić information content (AvgIpc) is 2.31. The number of nitrogen functional groups attached to an aromatic ring is 1. The number of nitrogens with one attached hydrogen (secondary N) is 1. The van der Waals surface area contributed by atoms with Crippen LogP contribution in [0.4, 0.5) is 62.6 Å². The number of fused-ring (bicyclic) bond motifs is 3. The molecule has 0 fully saturated rings. The van der Waals surface area contributed by atoms with E-state index in [2.05, 4.69) is 275 Å². The van der Waals surface area contributed by atoms with Gasteiger partial charge >= 0.3 is 0 Å². The van der Waals surface area contributed by atoms with Crippen LogP contribution in [0.5, 0.6) is 11.5 Å². The number of hydrogen-bond acceptors (Lipinski definition) is 8. The van der Waals surface area contributed by atoms with Crippen molar-refractivity contribution in [3.05, 3.63) is 331 Å². The number of rotatable bonds is 16. The van der Waals surface area contributed by atoms with Crippen molar-refractivity contribution in [2.45, 2.75) is 17.4 Å². The molecule has 2 aliphatic rings. The zero-order valence-electron chi connectivity index (χ0n) is 46.3. The molecule has 0 bridgehead atoms. The Labute approximate surface area is 486 Å². The van der Waals surface area contributed by atoms with E-state index in [1.807, 2.05) is 42.5 Å². The molecule has 0 amide bonds. The smallest absolute Gasteiger partial charge is 0.119 e. The highest BCUT2D eigenvalue weighted by Crippen LogP contribution is 2.59. The molecular weight excluding hydrogens is 1020 g/mol. The first-order valence-electron chi connectivity index (χ1n) is 28.0. The lowest BCUT2D eigenvalue weighted by atomic mass is 9.66. The minimum Gasteiger partial charge on any atom is -0.497 e. The van der Waals surface area contributed by atoms with Crippen LogP contribution in [-0.4, -0.2) is 14.2 Å². The molecule has 83 heavy (non-hydrogen) atoms. The lowest BCUT2D eigenvalue weighted by molar-refractivity contribution is 0.414. The summed E-state index contributed by atoms with van der Waals surface area (Å²) in [5.74, 6) is 1.57. The molecule has 0 radical (unpaired) electrons. The van der Waals surface area contributed by atoms with E-state index < -0.39 is 11.0 Å². The number of benzene rings is 11. The Morgan fingerprint density at radius 1 is 0.373 bits per heavy atom. The molecule has 1 atom stereocenters. The van der Waals surface area contributed by atoms with Crippen LogP contribution in [0.3, 0.4) is 0 Å². The third-order valence-electron chi connectivity index (χ3n) is 16.2. The molecule has 8 nitrogen and oxygen atoms in total. The predicted octanol–water partition coefficient (Wildman–Crippen LogP) is 18.2. The van der Waals surface area contributed by atoms with Crippen LogP contribution >= 0.6 is 0 Å². The van der Waals surface area contributed by atoms with E-state index in [-0.39, 0.29) is 0 Å². The number of hydrogen-bond donors (Lipinski definition) is 3. The molecule has 11 aromatic carbocycles. The maximum atomic E-state index is 6.57. The van der Waals surface area contributed by atoms with Crippen LogP contribution in [0.1, 0.15) is 34.2 Å². The molecule has 0 aliphatic heterocycles. The van der Waals surface area contributed by atoms with Gasteiger partial charge in [-0.3, -0.25) is 0 Å². The molecule has 8 heteroatoms. The molecule has 0 heterocycles. The van der Waals surface area contributed by atoms with Gasteiger partial charge in [-0.15, -0.1) is 0 Å². The summed E-state index contributed by atoms with van der Waals surface area (Å²) in [6, 6.07) is 99.4. The van der Waals surface area contributed by atoms with E-state index in [1.165, 1.54) is 0 Å². The summed E-state index contributed by atoms with van der Waals surface area (Å²) in [5.41, 5.74) is 30.9. The minimum atomic E-state index is -0.899. The number of para-hydroxylation sites is 4. The lowest BCUT2D eigenvalue weighted by Gasteiger charge is -2.38. The van der Waals surface area contributed by atoms with Crippen LogP contribution in [-0.2, 0) is 11.0 Å². The second kappa shape index (κ2) is 22.1. The number of anilines is 11. The highest BCUT2D eigenvalue weighted by atomic mass is 16.5. The average molecular weight is 1080 g/mol. The Morgan fingerprint density at radius 3 is 1.17 bits per heavy atom. The summed E-state index contributed by atoms with van der Waals surface area (Å²) < 4.78 is 11.3. The van der Waals surface area contributed by atoms with Crippen LogP contribution in [0.2, 0.25) is 0 Å². The van der Waals surface area contributed by atoms with Gasteiger partial charge in [-0.2, -0.15) is 0 Å². The van der Waals surface area contributed by atoms with Gasteiger partial charge in [-0.25, -0.2) is 0 Å². The van der Waals surface area contributed by atoms with Crippen molar-refractivity contribution in [1.82, 2.24) is 0 Å². The first kappa shape index (κ1) is 51.7. The second-order valence-electron chi connectivity index (χ2n) is 21.0. The van der Waals surface area contributed by atoms with Crippen molar-refractivity contribution >= 4 is 62.6 Å². The predicted molar refractivity (Wildman–Crippen MR) is 343 cm³/mol. The highest BCUT2D eigenvalue weighted by molar-refractivity contribution is 5.91. The number of nitrogens with two attached hydrogens (primary N) is 2. The second-order valence-corrected chi connectivity index (χ2v) is 21.0. The van der Waals surface area contributed by atoms with Crippen molar-refractivity contribution in [3.63, 3.8) is 0 Å². The van der Waals surface area contributed by atoms with Crippen molar-refractivity contribution in [1.29, 1.82) is 0 Å². The highest BCUT2D eigenvalue weighted by Gasteiger charge is 2.48. The van der Waals surface area contributed by atoms with E-state index in [0.29, 0.717) is 12.1 Å². The summed E-state index contributed by atoms with van der Waals surface area (Å²) in [4.78, 5) is 6.95. The van der Waals surface area contributed by atoms with Crippen molar-refractivity contribution in [2.75, 3.05) is 40.0 Å². The van der Waals surface area contributed by atoms with Gasteiger partial charge in [0.1, 0.15) is 11.5 Å². The maximum absolute atomic E-state index is 6.57. The normalized spacial score (nSPS) is 14.6. The molecule has 0 aromatic heterocycles. The van der Waals surface area contributed by atoms with Gasteiger partial charge in [-0.05, 0) is 209 Å². The van der Waals surface area contributed by atoms with Crippen LogP contribution in [0.25, 0.3) is 11.1 Å². The van der Waals surface area contributed by atoms with Crippen molar-refractivity contribution in [3.8, 4) is 22.6 Å². The van der Waals surface area contributed by atoms with E-state index >= 15 is 0 Å². The number of methoxy groups -OCH3 is 2. The number of nitrogens with zero attached hydrogens (tertiary/aromatic N) is 3. The summed E-state index contributed by atoms with van der Waals surface area (Å²) in [7, 11) is 3.39. The summed E-state index contributed by atoms with van der Waals surface area (Å²) in [5, 5.41) is 4.00. The Balaban J connectivity index is 1.08. The Bertz CT molecular complexity index is 3900. The zero-order chi connectivity index (χ0) is 56.3. The molecular formula is C75H62N6O2. The Hall–Kier alpha value is -10.7. The van der Waals surface area contributed by atoms with Gasteiger partial charge in [0, 0.05) is 68.3 Å². The van der Waals surface area contributed by atoms with Gasteiger partial charge in [0.2, 0.25) is 0 Å². The number of allylic oxidation sites excluding steroid dienone is 1. The molecule has 2 aliphatic carbocycles. The van der Waals surface area contributed by atoms with E-state index in [0.717, 1.165) is 113 Å². The summed E-state index contributed by atoms with van der Waals surface area (Å²) >= 11 is 0. The topological polar surface area (TPSA) is 92.2 Å². The standard InChI is InChI=1S/C75H62N6O2/c1-82-68-41-30-58(31-42-68)78-74(49-47-57(77)48-50-74)55-27-45-70-71-46-40-67(81(65-36-28-56(76)29-37-65)66-38-43-69(83-2)44-39-66)52-73(71)75(72(70)51-55,53-23-32-63(33-24-53)79(59-15-7-3-8-16-59)60-17-9-4-10-18-60)54-25-34-64(35-26-54)80(61-19-11-5-12-20-61)62-21-13-6-14-22-62/h3-49,51-52,78H,50,76-77H2,1-2H3. The van der Waals surface area contributed by atoms with E-state index in [9.17, 15) is 0 Å². The molecule has 0 saturated heterocycles. The van der Waals surface area contributed by atoms with Crippen molar-refractivity contribution in [2.24, 2.45) is 5.73 Å². The molecule has 1 unspecified atom stereocenters. The third kappa shape index (κ3) is 9.66. The minimum absolute atomic E-state index is 0.621. The molecule has 5 N–H and O–H groups in total. The van der Waals surface area contributed by atoms with E-state index in [1.54, 1.807) is 14.2 Å². The number of ether oxygens (including phenoxy) is 2. The monoisotopic (exact) mass is 1080 g/mol. The third-order valence-corrected chi connectivity index (χ3v) is 16.2. The Morgan fingerprint density at radius 2 is 0.735 bits per heavy atom. The van der Waals surface area contributed by atoms with Gasteiger partial charge in [0.15, 0.2) is 0 Å². The van der Waals surface area contributed by atoms with Crippen LogP contribution in [0.15, 0.2) is 303 Å². The largest absolute Gasteiger partial charge is 0.497 e. The first-order chi connectivity index (χ1) is 40.8. The molecule has 0 saturated carbocycles. The fourth-order valence-corrected chi connectivity index (χ4v) is 12.2. The summed E-state index contributed by atoms with van der Waals surface area (Å²) in [6.07, 6.45) is 7.00. The van der Waals surface area contributed by atoms with Gasteiger partial charge in [0.05, 0.1) is 25.2 Å². The van der Waals surface area contributed by atoms with Gasteiger partial charge < -0.3 is 41.0 Å². The fourth-order valence-electron chi connectivity index (χ4n) is 12.2. The molecule has 0 spiro atoms. The van der Waals surface area contributed by atoms with Crippen LogP contribution in [0, 0.1) is 0 Å². The first-order valence-corrected chi connectivity index (χ1v) is 28.0. The van der Waals surface area contributed by atoms with Gasteiger partial charge in [0.25, 0.3) is 0 Å². The zero-order valence-corrected chi connectivity index (χ0v) is 46.3. The van der Waals surface area contributed by atoms with Crippen molar-refractivity contribution < 1.29 is 9.47 Å². The SMILES string of the molecule is COc1ccc(NC2(c3ccc4c(c3)C(c3ccc(N(c5ccccc5)c5ccccc5)cc3)(c3ccc(N(c5ccccc5)c5ccccc5)cc3)c3cc(N(c5ccc(N)cc5)c5ccc(OC)cc5)ccc3-4)C=CC(N)=CC2)cc1. The molecule has 11 aromatic rings. The van der Waals surface area contributed by atoms with E-state index in [4.69, 9.17) is 20.9 Å². The lowest BCUT2D eigenvalue weighted by Crippen LogP contribution is -2.35. The molecule has 404 valence electrons. The van der Waals surface area contributed by atoms with Crippen LogP contribution < -0.4 is 41.0 Å². The van der Waals surface area contributed by atoms with Gasteiger partial charge in [-0.1, -0.05) is 133 Å². The maximum Gasteiger partial charge on any atom is 0.119 e.